The Morgan fingerprint density at radius 3 is 2.81 bits per heavy atom. The van der Waals surface area contributed by atoms with Gasteiger partial charge in [-0.2, -0.15) is 0 Å². The molecule has 0 aromatic rings. The van der Waals surface area contributed by atoms with Gasteiger partial charge in [0.1, 0.15) is 0 Å². The Bertz CT molecular complexity index is 272. The van der Waals surface area contributed by atoms with Crippen molar-refractivity contribution in [2.45, 2.75) is 58.8 Å². The quantitative estimate of drug-likeness (QED) is 0.604. The first-order chi connectivity index (χ1) is 7.86. The van der Waals surface area contributed by atoms with Crippen molar-refractivity contribution in [3.63, 3.8) is 0 Å². The SMILES string of the molecule is CCC1CC(CC)C2CCCC/C=C/C=C12. The predicted molar refractivity (Wildman–Crippen MR) is 71.4 cm³/mol. The molecule has 2 rings (SSSR count). The average molecular weight is 218 g/mol. The van der Waals surface area contributed by atoms with Gasteiger partial charge in [0.25, 0.3) is 0 Å². The zero-order valence-corrected chi connectivity index (χ0v) is 10.9. The Morgan fingerprint density at radius 1 is 1.19 bits per heavy atom. The van der Waals surface area contributed by atoms with Gasteiger partial charge >= 0.3 is 0 Å². The van der Waals surface area contributed by atoms with Crippen LogP contribution in [-0.2, 0) is 0 Å². The molecule has 3 unspecified atom stereocenters. The molecule has 0 heteroatoms. The Morgan fingerprint density at radius 2 is 2.06 bits per heavy atom. The van der Waals surface area contributed by atoms with Crippen LogP contribution in [0.1, 0.15) is 58.8 Å². The topological polar surface area (TPSA) is 0 Å². The minimum absolute atomic E-state index is 0.887. The van der Waals surface area contributed by atoms with Crippen molar-refractivity contribution in [3.05, 3.63) is 23.8 Å². The molecular formula is C16H26. The van der Waals surface area contributed by atoms with Crippen molar-refractivity contribution in [2.75, 3.05) is 0 Å². The van der Waals surface area contributed by atoms with Gasteiger partial charge in [-0.15, -0.1) is 0 Å². The van der Waals surface area contributed by atoms with E-state index in [1.807, 2.05) is 0 Å². The van der Waals surface area contributed by atoms with E-state index in [-0.39, 0.29) is 0 Å². The highest BCUT2D eigenvalue weighted by molar-refractivity contribution is 5.23. The molecule has 0 saturated heterocycles. The van der Waals surface area contributed by atoms with Crippen LogP contribution in [0.3, 0.4) is 0 Å². The smallest absolute Gasteiger partial charge is 0.0169 e. The van der Waals surface area contributed by atoms with Gasteiger partial charge in [0.2, 0.25) is 0 Å². The van der Waals surface area contributed by atoms with Gasteiger partial charge in [-0.3, -0.25) is 0 Å². The van der Waals surface area contributed by atoms with Gasteiger partial charge < -0.3 is 0 Å². The van der Waals surface area contributed by atoms with Gasteiger partial charge in [-0.1, -0.05) is 50.5 Å². The van der Waals surface area contributed by atoms with Crippen LogP contribution >= 0.6 is 0 Å². The Balaban J connectivity index is 2.20. The highest BCUT2D eigenvalue weighted by Crippen LogP contribution is 2.46. The van der Waals surface area contributed by atoms with E-state index in [1.165, 1.54) is 44.9 Å². The minimum Gasteiger partial charge on any atom is -0.0845 e. The number of hydrogen-bond donors (Lipinski definition) is 0. The molecule has 1 saturated carbocycles. The molecule has 0 aromatic heterocycles. The second-order valence-electron chi connectivity index (χ2n) is 5.49. The fourth-order valence-electron chi connectivity index (χ4n) is 3.66. The maximum atomic E-state index is 2.46. The summed E-state index contributed by atoms with van der Waals surface area (Å²) in [6.07, 6.45) is 16.9. The second-order valence-corrected chi connectivity index (χ2v) is 5.49. The second kappa shape index (κ2) is 5.70. The molecule has 1 fully saturated rings. The molecule has 16 heavy (non-hydrogen) atoms. The van der Waals surface area contributed by atoms with Crippen LogP contribution < -0.4 is 0 Å². The van der Waals surface area contributed by atoms with E-state index < -0.39 is 0 Å². The number of rotatable bonds is 2. The Kier molecular flexibility index (Phi) is 4.26. The summed E-state index contributed by atoms with van der Waals surface area (Å²) < 4.78 is 0. The lowest BCUT2D eigenvalue weighted by molar-refractivity contribution is 0.370. The van der Waals surface area contributed by atoms with Crippen LogP contribution in [0.2, 0.25) is 0 Å². The highest BCUT2D eigenvalue weighted by Gasteiger charge is 2.35. The lowest BCUT2D eigenvalue weighted by Gasteiger charge is -2.19. The summed E-state index contributed by atoms with van der Waals surface area (Å²) in [4.78, 5) is 0. The summed E-state index contributed by atoms with van der Waals surface area (Å²) in [5.41, 5.74) is 1.78. The van der Waals surface area contributed by atoms with Crippen LogP contribution in [0.5, 0.6) is 0 Å². The first-order valence-corrected chi connectivity index (χ1v) is 7.23. The third-order valence-electron chi connectivity index (χ3n) is 4.63. The summed E-state index contributed by atoms with van der Waals surface area (Å²) in [6, 6.07) is 0. The zero-order chi connectivity index (χ0) is 11.4. The molecule has 0 N–H and O–H groups in total. The van der Waals surface area contributed by atoms with E-state index in [9.17, 15) is 0 Å². The van der Waals surface area contributed by atoms with E-state index in [4.69, 9.17) is 0 Å². The van der Waals surface area contributed by atoms with Crippen molar-refractivity contribution >= 4 is 0 Å². The maximum Gasteiger partial charge on any atom is -0.0169 e. The van der Waals surface area contributed by atoms with Crippen LogP contribution in [-0.4, -0.2) is 0 Å². The fraction of sp³-hybridized carbons (Fsp3) is 0.750. The Hall–Kier alpha value is -0.520. The summed E-state index contributed by atoms with van der Waals surface area (Å²) in [7, 11) is 0. The van der Waals surface area contributed by atoms with Gasteiger partial charge in [0.05, 0.1) is 0 Å². The fourth-order valence-corrected chi connectivity index (χ4v) is 3.66. The van der Waals surface area contributed by atoms with Crippen molar-refractivity contribution in [2.24, 2.45) is 17.8 Å². The molecule has 0 radical (unpaired) electrons. The van der Waals surface area contributed by atoms with Gasteiger partial charge in [-0.05, 0) is 49.9 Å². The lowest BCUT2D eigenvalue weighted by atomic mass is 9.86. The van der Waals surface area contributed by atoms with Gasteiger partial charge in [-0.25, -0.2) is 0 Å². The molecule has 3 atom stereocenters. The molecule has 90 valence electrons. The standard InChI is InChI=1S/C16H26/c1-3-13-12-14(4-2)16-11-9-7-5-6-8-10-15(13)16/h6,8,10,13-14,16H,3-5,7,9,11-12H2,1-2H3/b8-6+,15-10?. The molecule has 0 nitrogen and oxygen atoms in total. The zero-order valence-electron chi connectivity index (χ0n) is 10.9. The molecular weight excluding hydrogens is 192 g/mol. The summed E-state index contributed by atoms with van der Waals surface area (Å²) in [5.74, 6) is 2.78. The average Bonchev–Trinajstić information content (AvgIpc) is 2.69. The van der Waals surface area contributed by atoms with Crippen LogP contribution in [0.25, 0.3) is 0 Å². The molecule has 0 aliphatic heterocycles. The van der Waals surface area contributed by atoms with Crippen LogP contribution in [0.4, 0.5) is 0 Å². The molecule has 0 aromatic carbocycles. The largest absolute Gasteiger partial charge is 0.0845 e. The molecule has 0 spiro atoms. The van der Waals surface area contributed by atoms with Gasteiger partial charge in [0.15, 0.2) is 0 Å². The number of fused-ring (bicyclic) bond motifs is 1. The number of hydrogen-bond acceptors (Lipinski definition) is 0. The molecule has 0 amide bonds. The van der Waals surface area contributed by atoms with E-state index in [0.29, 0.717) is 0 Å². The summed E-state index contributed by atoms with van der Waals surface area (Å²) in [6.45, 7) is 4.74. The first kappa shape index (κ1) is 12.0. The lowest BCUT2D eigenvalue weighted by Crippen LogP contribution is -2.08. The molecule has 2 aliphatic rings. The van der Waals surface area contributed by atoms with E-state index in [1.54, 1.807) is 5.57 Å². The van der Waals surface area contributed by atoms with Crippen LogP contribution in [0, 0.1) is 17.8 Å². The van der Waals surface area contributed by atoms with Crippen LogP contribution in [0.15, 0.2) is 23.8 Å². The van der Waals surface area contributed by atoms with E-state index >= 15 is 0 Å². The maximum absolute atomic E-state index is 2.46. The summed E-state index contributed by atoms with van der Waals surface area (Å²) >= 11 is 0. The summed E-state index contributed by atoms with van der Waals surface area (Å²) in [5, 5.41) is 0. The van der Waals surface area contributed by atoms with Gasteiger partial charge in [0, 0.05) is 0 Å². The van der Waals surface area contributed by atoms with Crippen molar-refractivity contribution < 1.29 is 0 Å². The predicted octanol–water partition coefficient (Wildman–Crippen LogP) is 5.12. The Labute approximate surface area is 101 Å². The van der Waals surface area contributed by atoms with Crippen molar-refractivity contribution in [3.8, 4) is 0 Å². The molecule has 0 heterocycles. The monoisotopic (exact) mass is 218 g/mol. The molecule has 0 bridgehead atoms. The minimum atomic E-state index is 0.887. The first-order valence-electron chi connectivity index (χ1n) is 7.23. The van der Waals surface area contributed by atoms with Crippen molar-refractivity contribution in [1.82, 2.24) is 0 Å². The normalized spacial score (nSPS) is 36.9. The third kappa shape index (κ3) is 2.42. The molecule has 2 aliphatic carbocycles. The van der Waals surface area contributed by atoms with E-state index in [0.717, 1.165) is 17.8 Å². The third-order valence-corrected chi connectivity index (χ3v) is 4.63. The number of allylic oxidation sites excluding steroid dienone is 4. The van der Waals surface area contributed by atoms with Crippen molar-refractivity contribution in [1.29, 1.82) is 0 Å². The highest BCUT2D eigenvalue weighted by atomic mass is 14.4. The van der Waals surface area contributed by atoms with E-state index in [2.05, 4.69) is 32.1 Å².